The van der Waals surface area contributed by atoms with Crippen molar-refractivity contribution in [3.8, 4) is 34.5 Å². The zero-order chi connectivity index (χ0) is 46.3. The van der Waals surface area contributed by atoms with E-state index in [4.69, 9.17) is 56.8 Å². The Morgan fingerprint density at radius 1 is 0.410 bits per heavy atom. The Balaban J connectivity index is 3.06. The van der Waals surface area contributed by atoms with E-state index in [1.165, 1.54) is 0 Å². The third-order valence-electron chi connectivity index (χ3n) is 8.54. The Kier molecular flexibility index (Phi) is 22.7. The van der Waals surface area contributed by atoms with Crippen molar-refractivity contribution in [3.63, 3.8) is 0 Å². The first-order chi connectivity index (χ1) is 28.9. The normalized spacial score (nSPS) is 11.9. The van der Waals surface area contributed by atoms with Crippen LogP contribution in [0.15, 0.2) is 42.2 Å². The molecule has 2 rings (SSSR count). The molecule has 0 saturated carbocycles. The van der Waals surface area contributed by atoms with Crippen molar-refractivity contribution in [1.29, 1.82) is 0 Å². The summed E-state index contributed by atoms with van der Waals surface area (Å²) >= 11 is 14.8. The Labute approximate surface area is 394 Å². The van der Waals surface area contributed by atoms with E-state index in [2.05, 4.69) is 76.9 Å². The van der Waals surface area contributed by atoms with E-state index in [1.54, 1.807) is 41.5 Å². The van der Waals surface area contributed by atoms with Crippen LogP contribution >= 0.6 is 63.7 Å². The number of hydrogen-bond donors (Lipinski definition) is 0. The summed E-state index contributed by atoms with van der Waals surface area (Å²) in [6.45, 7) is 31.2. The summed E-state index contributed by atoms with van der Waals surface area (Å²) in [6, 6.07) is 0. The van der Waals surface area contributed by atoms with Crippen molar-refractivity contribution in [2.75, 3.05) is 66.1 Å². The second-order valence-corrected chi connectivity index (χ2v) is 16.0. The van der Waals surface area contributed by atoms with Gasteiger partial charge < -0.3 is 56.8 Å². The van der Waals surface area contributed by atoms with Gasteiger partial charge in [0.1, 0.15) is 52.0 Å². The van der Waals surface area contributed by atoms with Crippen LogP contribution in [-0.4, -0.2) is 90.0 Å². The van der Waals surface area contributed by atoms with Crippen molar-refractivity contribution >= 4 is 75.7 Å². The van der Waals surface area contributed by atoms with E-state index >= 15 is 0 Å². The minimum absolute atomic E-state index is 0.0261. The Bertz CT molecular complexity index is 1620. The highest BCUT2D eigenvalue weighted by Gasteiger charge is 2.46. The fourth-order valence-corrected chi connectivity index (χ4v) is 9.18. The first kappa shape index (κ1) is 54.9. The second kappa shape index (κ2) is 25.3. The van der Waals surface area contributed by atoms with E-state index < -0.39 is 29.3 Å². The smallest absolute Gasteiger partial charge is 0.347 e. The number of benzene rings is 2. The number of carbonyl (C=O) groups excluding carboxylic acids is 2. The van der Waals surface area contributed by atoms with Crippen LogP contribution in [-0.2, 0) is 43.4 Å². The molecule has 2 aromatic rings. The fraction of sp³-hybridized carbons (Fsp3) is 0.581. The standard InChI is InChI=1S/C43H60Br4O14/c1-15-50-33-27(34(51-16-2)30(45)37(29(33)44)60-39(48)25(11)42(54-19-5,55-20-6)56-21-7)41(13,14)28-35(52-17-3)31(46)38(32(47)36(28)53-18-4)61-40(49)26(12)43(57-22-8,58-23-9)59-24-10/h11-12,15-24H2,1-10,13-14H3. The minimum Gasteiger partial charge on any atom is -0.492 e. The maximum absolute atomic E-state index is 14.0. The summed E-state index contributed by atoms with van der Waals surface area (Å²) in [7, 11) is 0. The number of rotatable bonds is 28. The summed E-state index contributed by atoms with van der Waals surface area (Å²) in [5.74, 6) is -4.40. The molecule has 0 aliphatic heterocycles. The molecule has 344 valence electrons. The minimum atomic E-state index is -1.89. The molecule has 0 amide bonds. The van der Waals surface area contributed by atoms with Crippen molar-refractivity contribution in [2.45, 2.75) is 100 Å². The third-order valence-corrected chi connectivity index (χ3v) is 11.4. The van der Waals surface area contributed by atoms with Crippen molar-refractivity contribution < 1.29 is 66.4 Å². The van der Waals surface area contributed by atoms with E-state index in [1.807, 2.05) is 41.5 Å². The van der Waals surface area contributed by atoms with E-state index in [9.17, 15) is 9.59 Å². The molecule has 0 aliphatic rings. The van der Waals surface area contributed by atoms with Crippen molar-refractivity contribution in [3.05, 3.63) is 53.3 Å². The second-order valence-electron chi connectivity index (χ2n) is 12.8. The van der Waals surface area contributed by atoms with Crippen LogP contribution in [0, 0.1) is 0 Å². The predicted octanol–water partition coefficient (Wildman–Crippen LogP) is 11.1. The number of esters is 2. The lowest BCUT2D eigenvalue weighted by Crippen LogP contribution is -2.44. The maximum atomic E-state index is 14.0. The topological polar surface area (TPSA) is 145 Å². The lowest BCUT2D eigenvalue weighted by atomic mass is 9.75. The molecule has 0 N–H and O–H groups in total. The molecule has 0 saturated heterocycles. The van der Waals surface area contributed by atoms with Crippen LogP contribution in [0.1, 0.15) is 94.2 Å². The summed E-state index contributed by atoms with van der Waals surface area (Å²) in [6.07, 6.45) is 0. The van der Waals surface area contributed by atoms with Gasteiger partial charge >= 0.3 is 23.9 Å². The monoisotopic (exact) mass is 1120 g/mol. The summed E-state index contributed by atoms with van der Waals surface area (Å²) < 4.78 is 73.5. The zero-order valence-electron chi connectivity index (χ0n) is 37.2. The number of carbonyl (C=O) groups is 2. The van der Waals surface area contributed by atoms with Gasteiger partial charge in [-0.25, -0.2) is 9.59 Å². The van der Waals surface area contributed by atoms with Crippen LogP contribution in [0.25, 0.3) is 0 Å². The number of ether oxygens (including phenoxy) is 12. The molecule has 0 heterocycles. The molecule has 0 aliphatic carbocycles. The first-order valence-corrected chi connectivity index (χ1v) is 23.4. The fourth-order valence-electron chi connectivity index (χ4n) is 6.28. The summed E-state index contributed by atoms with van der Waals surface area (Å²) in [5, 5.41) is 0. The molecule has 0 spiro atoms. The predicted molar refractivity (Wildman–Crippen MR) is 245 cm³/mol. The molecule has 0 atom stereocenters. The van der Waals surface area contributed by atoms with Crippen molar-refractivity contribution in [1.82, 2.24) is 0 Å². The first-order valence-electron chi connectivity index (χ1n) is 20.2. The molecule has 14 nitrogen and oxygen atoms in total. The Morgan fingerprint density at radius 2 is 0.623 bits per heavy atom. The molecule has 0 aromatic heterocycles. The van der Waals surface area contributed by atoms with E-state index in [-0.39, 0.29) is 130 Å². The lowest BCUT2D eigenvalue weighted by Gasteiger charge is -2.35. The van der Waals surface area contributed by atoms with Gasteiger partial charge in [-0.05, 0) is 133 Å². The molecular weight excluding hydrogens is 1060 g/mol. The molecule has 0 bridgehead atoms. The van der Waals surface area contributed by atoms with Gasteiger partial charge in [0.25, 0.3) is 0 Å². The molecule has 0 unspecified atom stereocenters. The van der Waals surface area contributed by atoms with Crippen LogP contribution in [0.4, 0.5) is 0 Å². The molecular formula is C43H60Br4O14. The SMILES string of the molecule is C=C(C(=O)Oc1c(Br)c(OCC)c(C(C)(C)c2c(OCC)c(Br)c(OC(=O)C(=C)C(OCC)(OCC)OCC)c(Br)c2OCC)c(OCC)c1Br)C(OCC)(OCC)OCC. The molecule has 0 radical (unpaired) electrons. The van der Waals surface area contributed by atoms with Gasteiger partial charge in [0.15, 0.2) is 11.5 Å². The molecule has 18 heteroatoms. The van der Waals surface area contributed by atoms with Crippen molar-refractivity contribution in [2.24, 2.45) is 0 Å². The van der Waals surface area contributed by atoms with Crippen LogP contribution in [0.2, 0.25) is 0 Å². The van der Waals surface area contributed by atoms with Gasteiger partial charge in [-0.2, -0.15) is 0 Å². The quantitative estimate of drug-likeness (QED) is 0.0345. The van der Waals surface area contributed by atoms with Crippen LogP contribution in [0.5, 0.6) is 34.5 Å². The van der Waals surface area contributed by atoms with Gasteiger partial charge in [0, 0.05) is 56.2 Å². The highest BCUT2D eigenvalue weighted by Crippen LogP contribution is 2.60. The lowest BCUT2D eigenvalue weighted by molar-refractivity contribution is -0.352. The average molecular weight is 1120 g/mol. The molecule has 61 heavy (non-hydrogen) atoms. The average Bonchev–Trinajstić information content (AvgIpc) is 3.21. The van der Waals surface area contributed by atoms with E-state index in [0.717, 1.165) is 0 Å². The summed E-state index contributed by atoms with van der Waals surface area (Å²) in [5.41, 5.74) is -0.568. The number of hydrogen-bond acceptors (Lipinski definition) is 14. The highest BCUT2D eigenvalue weighted by molar-refractivity contribution is 9.11. The third kappa shape index (κ3) is 12.1. The summed E-state index contributed by atoms with van der Waals surface area (Å²) in [4.78, 5) is 27.9. The highest BCUT2D eigenvalue weighted by atomic mass is 79.9. The Morgan fingerprint density at radius 3 is 0.803 bits per heavy atom. The van der Waals surface area contributed by atoms with E-state index in [0.29, 0.717) is 11.1 Å². The maximum Gasteiger partial charge on any atom is 0.347 e. The Hall–Kier alpha value is -2.26. The molecule has 2 aromatic carbocycles. The largest absolute Gasteiger partial charge is 0.492 e. The van der Waals surface area contributed by atoms with Gasteiger partial charge in [-0.15, -0.1) is 0 Å². The van der Waals surface area contributed by atoms with Crippen LogP contribution < -0.4 is 28.4 Å². The van der Waals surface area contributed by atoms with Crippen LogP contribution in [0.3, 0.4) is 0 Å². The zero-order valence-corrected chi connectivity index (χ0v) is 43.6. The van der Waals surface area contributed by atoms with Gasteiger partial charge in [0.05, 0.1) is 26.4 Å². The van der Waals surface area contributed by atoms with Gasteiger partial charge in [-0.3, -0.25) is 0 Å². The number of halogens is 4. The van der Waals surface area contributed by atoms with Gasteiger partial charge in [-0.1, -0.05) is 27.0 Å². The van der Waals surface area contributed by atoms with Gasteiger partial charge in [0.2, 0.25) is 0 Å². The molecule has 0 fully saturated rings.